The van der Waals surface area contributed by atoms with Gasteiger partial charge in [-0.3, -0.25) is 10.00 Å². The molecule has 0 aliphatic carbocycles. The zero-order chi connectivity index (χ0) is 19.9. The largest absolute Gasteiger partial charge is 0.461 e. The Morgan fingerprint density at radius 3 is 2.93 bits per heavy atom. The fourth-order valence-electron chi connectivity index (χ4n) is 3.51. The maximum Gasteiger partial charge on any atom is 0.216 e. The lowest BCUT2D eigenvalue weighted by molar-refractivity contribution is 0.249. The normalized spacial score (nSPS) is 16.2. The molecule has 1 atom stereocenters. The van der Waals surface area contributed by atoms with Crippen molar-refractivity contribution in [1.29, 1.82) is 0 Å². The summed E-state index contributed by atoms with van der Waals surface area (Å²) < 4.78 is 5.34. The first kappa shape index (κ1) is 19.7. The second-order valence-corrected chi connectivity index (χ2v) is 7.91. The van der Waals surface area contributed by atoms with Gasteiger partial charge in [0.1, 0.15) is 12.4 Å². The fraction of sp³-hybridized carbons (Fsp3) is 0.450. The first-order valence-corrected chi connectivity index (χ1v) is 11.0. The van der Waals surface area contributed by atoms with Crippen molar-refractivity contribution in [1.82, 2.24) is 30.7 Å². The molecule has 4 rings (SSSR count). The van der Waals surface area contributed by atoms with E-state index in [4.69, 9.17) is 4.42 Å². The van der Waals surface area contributed by atoms with Crippen molar-refractivity contribution in [2.24, 2.45) is 4.99 Å². The molecule has 0 saturated carbocycles. The lowest BCUT2D eigenvalue weighted by Crippen LogP contribution is -2.42. The lowest BCUT2D eigenvalue weighted by Gasteiger charge is -2.27. The van der Waals surface area contributed by atoms with Gasteiger partial charge in [-0.1, -0.05) is 6.07 Å². The summed E-state index contributed by atoms with van der Waals surface area (Å²) in [6, 6.07) is 8.39. The standard InChI is InChI=1S/C20H27N7OS/c1-2-21-20(23-14-18-24-19(26-25-18)16-7-5-11-28-16)22-13-15(17-8-6-12-29-17)27-9-3-4-10-27/h5-8,11-12,15H,2-4,9-10,13-14H2,1H3,(H2,21,22,23)(H,24,25,26). The predicted molar refractivity (Wildman–Crippen MR) is 115 cm³/mol. The average molecular weight is 414 g/mol. The molecule has 9 heteroatoms. The van der Waals surface area contributed by atoms with Crippen molar-refractivity contribution < 1.29 is 4.42 Å². The molecule has 0 amide bonds. The minimum Gasteiger partial charge on any atom is -0.461 e. The van der Waals surface area contributed by atoms with Gasteiger partial charge in [0, 0.05) is 18.0 Å². The molecule has 0 aromatic carbocycles. The van der Waals surface area contributed by atoms with E-state index in [-0.39, 0.29) is 0 Å². The van der Waals surface area contributed by atoms with Gasteiger partial charge in [0.2, 0.25) is 5.82 Å². The number of nitrogens with zero attached hydrogens (tertiary/aromatic N) is 4. The number of thiophene rings is 1. The number of aromatic nitrogens is 3. The summed E-state index contributed by atoms with van der Waals surface area (Å²) in [6.07, 6.45) is 4.17. The van der Waals surface area contributed by atoms with Crippen LogP contribution < -0.4 is 10.6 Å². The van der Waals surface area contributed by atoms with Crippen molar-refractivity contribution in [3.8, 4) is 11.6 Å². The molecule has 1 aliphatic heterocycles. The molecule has 1 aliphatic rings. The molecule has 0 bridgehead atoms. The van der Waals surface area contributed by atoms with Gasteiger partial charge in [-0.2, -0.15) is 0 Å². The molecule has 154 valence electrons. The molecule has 8 nitrogen and oxygen atoms in total. The SMILES string of the molecule is CCNC(=NCc1nc(-c2ccco2)n[nH]1)NCC(c1cccs1)N1CCCC1. The molecular weight excluding hydrogens is 386 g/mol. The number of rotatable bonds is 8. The molecule has 3 aromatic rings. The molecule has 1 unspecified atom stereocenters. The minimum absolute atomic E-state index is 0.372. The van der Waals surface area contributed by atoms with Crippen LogP contribution in [0.2, 0.25) is 0 Å². The van der Waals surface area contributed by atoms with Crippen LogP contribution in [0.3, 0.4) is 0 Å². The number of aromatic amines is 1. The van der Waals surface area contributed by atoms with Crippen LogP contribution in [-0.2, 0) is 6.54 Å². The minimum atomic E-state index is 0.372. The molecule has 1 fully saturated rings. The van der Waals surface area contributed by atoms with Crippen molar-refractivity contribution in [2.45, 2.75) is 32.4 Å². The Bertz CT molecular complexity index is 882. The second-order valence-electron chi connectivity index (χ2n) is 6.93. The predicted octanol–water partition coefficient (Wildman–Crippen LogP) is 3.02. The van der Waals surface area contributed by atoms with E-state index in [1.807, 2.05) is 23.5 Å². The van der Waals surface area contributed by atoms with Gasteiger partial charge in [0.15, 0.2) is 11.7 Å². The van der Waals surface area contributed by atoms with E-state index in [1.165, 1.54) is 17.7 Å². The molecule has 3 N–H and O–H groups in total. The van der Waals surface area contributed by atoms with Crippen LogP contribution in [-0.4, -0.2) is 52.2 Å². The van der Waals surface area contributed by atoms with Crippen LogP contribution in [0, 0.1) is 0 Å². The number of guanidine groups is 1. The quantitative estimate of drug-likeness (QED) is 0.388. The Morgan fingerprint density at radius 2 is 2.21 bits per heavy atom. The van der Waals surface area contributed by atoms with Gasteiger partial charge in [0.25, 0.3) is 0 Å². The van der Waals surface area contributed by atoms with Crippen molar-refractivity contribution >= 4 is 17.3 Å². The Kier molecular flexibility index (Phi) is 6.58. The molecule has 29 heavy (non-hydrogen) atoms. The van der Waals surface area contributed by atoms with Crippen LogP contribution in [0.25, 0.3) is 11.6 Å². The van der Waals surface area contributed by atoms with E-state index in [0.29, 0.717) is 30.0 Å². The molecule has 4 heterocycles. The molecule has 0 radical (unpaired) electrons. The summed E-state index contributed by atoms with van der Waals surface area (Å²) in [7, 11) is 0. The Balaban J connectivity index is 1.40. The van der Waals surface area contributed by atoms with Crippen molar-refractivity contribution in [3.63, 3.8) is 0 Å². The van der Waals surface area contributed by atoms with Crippen LogP contribution in [0.4, 0.5) is 0 Å². The van der Waals surface area contributed by atoms with E-state index in [9.17, 15) is 0 Å². The average Bonchev–Trinajstić information content (AvgIpc) is 3.54. The summed E-state index contributed by atoms with van der Waals surface area (Å²) in [5, 5.41) is 16.1. The van der Waals surface area contributed by atoms with Gasteiger partial charge in [-0.25, -0.2) is 9.98 Å². The van der Waals surface area contributed by atoms with Gasteiger partial charge in [-0.05, 0) is 56.4 Å². The van der Waals surface area contributed by atoms with Crippen molar-refractivity contribution in [3.05, 3.63) is 46.6 Å². The summed E-state index contributed by atoms with van der Waals surface area (Å²) in [4.78, 5) is 13.1. The highest BCUT2D eigenvalue weighted by atomic mass is 32.1. The first-order chi connectivity index (χ1) is 14.3. The first-order valence-electron chi connectivity index (χ1n) is 10.1. The van der Waals surface area contributed by atoms with E-state index in [2.05, 4.69) is 60.1 Å². The highest BCUT2D eigenvalue weighted by Gasteiger charge is 2.24. The number of hydrogen-bond acceptors (Lipinski definition) is 6. The lowest BCUT2D eigenvalue weighted by atomic mass is 10.2. The van der Waals surface area contributed by atoms with E-state index < -0.39 is 0 Å². The fourth-order valence-corrected chi connectivity index (χ4v) is 4.38. The highest BCUT2D eigenvalue weighted by molar-refractivity contribution is 7.10. The topological polar surface area (TPSA) is 94.4 Å². The zero-order valence-electron chi connectivity index (χ0n) is 16.6. The maximum atomic E-state index is 5.34. The van der Waals surface area contributed by atoms with Crippen LogP contribution in [0.5, 0.6) is 0 Å². The Labute approximate surface area is 174 Å². The number of nitrogens with one attached hydrogen (secondary N) is 3. The van der Waals surface area contributed by atoms with Gasteiger partial charge >= 0.3 is 0 Å². The summed E-state index contributed by atoms with van der Waals surface area (Å²) >= 11 is 1.82. The van der Waals surface area contributed by atoms with Crippen LogP contribution in [0.1, 0.15) is 36.5 Å². The van der Waals surface area contributed by atoms with Gasteiger partial charge in [0.05, 0.1) is 12.3 Å². The van der Waals surface area contributed by atoms with Crippen LogP contribution in [0.15, 0.2) is 45.3 Å². The monoisotopic (exact) mass is 413 g/mol. The number of likely N-dealkylation sites (tertiary alicyclic amines) is 1. The van der Waals surface area contributed by atoms with Gasteiger partial charge < -0.3 is 15.1 Å². The number of hydrogen-bond donors (Lipinski definition) is 3. The number of aliphatic imine (C=N–C) groups is 1. The second kappa shape index (κ2) is 9.71. The summed E-state index contributed by atoms with van der Waals surface area (Å²) in [5.74, 6) is 2.67. The Morgan fingerprint density at radius 1 is 1.31 bits per heavy atom. The maximum absolute atomic E-state index is 5.34. The number of H-pyrrole nitrogens is 1. The molecular formula is C20H27N7OS. The third-order valence-electron chi connectivity index (χ3n) is 4.92. The van der Waals surface area contributed by atoms with E-state index in [0.717, 1.165) is 32.1 Å². The summed E-state index contributed by atoms with van der Waals surface area (Å²) in [5.41, 5.74) is 0. The highest BCUT2D eigenvalue weighted by Crippen LogP contribution is 2.27. The van der Waals surface area contributed by atoms with Crippen molar-refractivity contribution in [2.75, 3.05) is 26.2 Å². The van der Waals surface area contributed by atoms with Crippen LogP contribution >= 0.6 is 11.3 Å². The molecule has 1 saturated heterocycles. The Hall–Kier alpha value is -2.65. The third kappa shape index (κ3) is 5.04. The third-order valence-corrected chi connectivity index (χ3v) is 5.89. The number of furan rings is 1. The molecule has 3 aromatic heterocycles. The zero-order valence-corrected chi connectivity index (χ0v) is 17.4. The van der Waals surface area contributed by atoms with Gasteiger partial charge in [-0.15, -0.1) is 16.4 Å². The van der Waals surface area contributed by atoms with E-state index >= 15 is 0 Å². The smallest absolute Gasteiger partial charge is 0.216 e. The summed E-state index contributed by atoms with van der Waals surface area (Å²) in [6.45, 7) is 6.42. The molecule has 0 spiro atoms. The van der Waals surface area contributed by atoms with E-state index in [1.54, 1.807) is 6.26 Å².